The van der Waals surface area contributed by atoms with Crippen molar-refractivity contribution in [2.45, 2.75) is 44.2 Å². The van der Waals surface area contributed by atoms with Crippen molar-refractivity contribution in [1.29, 1.82) is 0 Å². The maximum absolute atomic E-state index is 12.5. The highest BCUT2D eigenvalue weighted by Crippen LogP contribution is 2.25. The maximum atomic E-state index is 12.5. The number of carbonyl (C=O) groups excluding carboxylic acids is 1. The van der Waals surface area contributed by atoms with Crippen LogP contribution in [0, 0.1) is 0 Å². The SMILES string of the molecule is N[C@H](Cc1ccc(O)cc1)C(=O)N(CCCO)C1CCC1. The Kier molecular flexibility index (Phi) is 5.59. The van der Waals surface area contributed by atoms with Crippen molar-refractivity contribution >= 4 is 5.91 Å². The van der Waals surface area contributed by atoms with Crippen molar-refractivity contribution in [3.63, 3.8) is 0 Å². The highest BCUT2D eigenvalue weighted by Gasteiger charge is 2.31. The van der Waals surface area contributed by atoms with Crippen LogP contribution in [0.15, 0.2) is 24.3 Å². The van der Waals surface area contributed by atoms with Gasteiger partial charge in [0.25, 0.3) is 0 Å². The monoisotopic (exact) mass is 292 g/mol. The molecule has 5 heteroatoms. The van der Waals surface area contributed by atoms with Crippen LogP contribution < -0.4 is 5.73 Å². The molecule has 0 spiro atoms. The summed E-state index contributed by atoms with van der Waals surface area (Å²) in [7, 11) is 0. The summed E-state index contributed by atoms with van der Waals surface area (Å²) in [6.45, 7) is 0.660. The number of aliphatic hydroxyl groups excluding tert-OH is 1. The number of hydrogen-bond acceptors (Lipinski definition) is 4. The molecule has 0 radical (unpaired) electrons. The van der Waals surface area contributed by atoms with Crippen molar-refractivity contribution in [3.8, 4) is 5.75 Å². The van der Waals surface area contributed by atoms with Gasteiger partial charge in [0.2, 0.25) is 5.91 Å². The predicted molar refractivity (Wildman–Crippen MR) is 80.8 cm³/mol. The van der Waals surface area contributed by atoms with E-state index in [1.807, 2.05) is 4.90 Å². The molecular weight excluding hydrogens is 268 g/mol. The number of hydrogen-bond donors (Lipinski definition) is 3. The van der Waals surface area contributed by atoms with E-state index in [0.717, 1.165) is 24.8 Å². The zero-order valence-corrected chi connectivity index (χ0v) is 12.2. The van der Waals surface area contributed by atoms with Crippen LogP contribution in [-0.2, 0) is 11.2 Å². The van der Waals surface area contributed by atoms with Crippen LogP contribution in [0.3, 0.4) is 0 Å². The van der Waals surface area contributed by atoms with Gasteiger partial charge in [-0.1, -0.05) is 12.1 Å². The minimum atomic E-state index is -0.575. The second kappa shape index (κ2) is 7.43. The number of carbonyl (C=O) groups is 1. The van der Waals surface area contributed by atoms with E-state index < -0.39 is 6.04 Å². The molecule has 0 aromatic heterocycles. The van der Waals surface area contributed by atoms with E-state index in [2.05, 4.69) is 0 Å². The Morgan fingerprint density at radius 2 is 2.00 bits per heavy atom. The summed E-state index contributed by atoms with van der Waals surface area (Å²) in [5.41, 5.74) is 6.99. The number of nitrogens with zero attached hydrogens (tertiary/aromatic N) is 1. The average Bonchev–Trinajstić information content (AvgIpc) is 2.43. The lowest BCUT2D eigenvalue weighted by Crippen LogP contribution is -2.52. The largest absolute Gasteiger partial charge is 0.508 e. The van der Waals surface area contributed by atoms with Gasteiger partial charge in [0.05, 0.1) is 6.04 Å². The van der Waals surface area contributed by atoms with Crippen LogP contribution in [-0.4, -0.2) is 46.3 Å². The lowest BCUT2D eigenvalue weighted by Gasteiger charge is -2.39. The van der Waals surface area contributed by atoms with Crippen molar-refractivity contribution in [2.75, 3.05) is 13.2 Å². The van der Waals surface area contributed by atoms with E-state index in [1.165, 1.54) is 0 Å². The molecule has 1 saturated carbocycles. The van der Waals surface area contributed by atoms with Gasteiger partial charge >= 0.3 is 0 Å². The normalized spacial score (nSPS) is 16.3. The number of amides is 1. The number of aliphatic hydroxyl groups is 1. The molecule has 5 nitrogen and oxygen atoms in total. The van der Waals surface area contributed by atoms with Crippen molar-refractivity contribution in [3.05, 3.63) is 29.8 Å². The van der Waals surface area contributed by atoms with E-state index in [-0.39, 0.29) is 24.3 Å². The Morgan fingerprint density at radius 3 is 2.52 bits per heavy atom. The van der Waals surface area contributed by atoms with Gasteiger partial charge in [-0.05, 0) is 49.8 Å². The third kappa shape index (κ3) is 4.19. The van der Waals surface area contributed by atoms with E-state index >= 15 is 0 Å². The molecule has 0 aliphatic heterocycles. The minimum Gasteiger partial charge on any atom is -0.508 e. The molecule has 2 rings (SSSR count). The summed E-state index contributed by atoms with van der Waals surface area (Å²) in [6.07, 6.45) is 4.27. The molecule has 1 aromatic carbocycles. The minimum absolute atomic E-state index is 0.0405. The molecule has 0 unspecified atom stereocenters. The third-order valence-corrected chi connectivity index (χ3v) is 4.06. The second-order valence-corrected chi connectivity index (χ2v) is 5.67. The van der Waals surface area contributed by atoms with Gasteiger partial charge in [-0.25, -0.2) is 0 Å². The molecule has 0 saturated heterocycles. The zero-order chi connectivity index (χ0) is 15.2. The molecule has 0 bridgehead atoms. The molecule has 1 aromatic rings. The lowest BCUT2D eigenvalue weighted by molar-refractivity contribution is -0.136. The van der Waals surface area contributed by atoms with E-state index in [0.29, 0.717) is 19.4 Å². The average molecular weight is 292 g/mol. The topological polar surface area (TPSA) is 86.8 Å². The fourth-order valence-corrected chi connectivity index (χ4v) is 2.60. The first-order chi connectivity index (χ1) is 10.1. The Bertz CT molecular complexity index is 457. The summed E-state index contributed by atoms with van der Waals surface area (Å²) < 4.78 is 0. The van der Waals surface area contributed by atoms with Gasteiger partial charge < -0.3 is 20.8 Å². The highest BCUT2D eigenvalue weighted by molar-refractivity contribution is 5.82. The van der Waals surface area contributed by atoms with E-state index in [1.54, 1.807) is 24.3 Å². The van der Waals surface area contributed by atoms with Gasteiger partial charge in [-0.15, -0.1) is 0 Å². The molecule has 1 atom stereocenters. The molecule has 1 aliphatic rings. The molecule has 4 N–H and O–H groups in total. The Hall–Kier alpha value is -1.59. The molecular formula is C16H24N2O3. The number of nitrogens with two attached hydrogens (primary N) is 1. The van der Waals surface area contributed by atoms with Gasteiger partial charge in [0.15, 0.2) is 0 Å². The highest BCUT2D eigenvalue weighted by atomic mass is 16.3. The van der Waals surface area contributed by atoms with Crippen molar-refractivity contribution in [1.82, 2.24) is 4.90 Å². The quantitative estimate of drug-likeness (QED) is 0.700. The fraction of sp³-hybridized carbons (Fsp3) is 0.562. The molecule has 116 valence electrons. The first kappa shape index (κ1) is 15.8. The van der Waals surface area contributed by atoms with Crippen molar-refractivity contribution < 1.29 is 15.0 Å². The summed E-state index contributed by atoms with van der Waals surface area (Å²) in [4.78, 5) is 14.4. The predicted octanol–water partition coefficient (Wildman–Crippen LogP) is 1.03. The molecule has 21 heavy (non-hydrogen) atoms. The summed E-state index contributed by atoms with van der Waals surface area (Å²) >= 11 is 0. The number of benzene rings is 1. The van der Waals surface area contributed by atoms with Crippen LogP contribution in [0.5, 0.6) is 5.75 Å². The van der Waals surface area contributed by atoms with Gasteiger partial charge in [0, 0.05) is 19.2 Å². The zero-order valence-electron chi connectivity index (χ0n) is 12.2. The van der Waals surface area contributed by atoms with Crippen LogP contribution >= 0.6 is 0 Å². The third-order valence-electron chi connectivity index (χ3n) is 4.06. The number of phenols is 1. The number of aromatic hydroxyl groups is 1. The van der Waals surface area contributed by atoms with Crippen LogP contribution in [0.25, 0.3) is 0 Å². The van der Waals surface area contributed by atoms with Crippen LogP contribution in [0.1, 0.15) is 31.2 Å². The van der Waals surface area contributed by atoms with Crippen LogP contribution in [0.2, 0.25) is 0 Å². The Labute approximate surface area is 125 Å². The number of rotatable bonds is 7. The van der Waals surface area contributed by atoms with Crippen molar-refractivity contribution in [2.24, 2.45) is 5.73 Å². The van der Waals surface area contributed by atoms with Gasteiger partial charge in [0.1, 0.15) is 5.75 Å². The first-order valence-corrected chi connectivity index (χ1v) is 7.56. The Morgan fingerprint density at radius 1 is 1.33 bits per heavy atom. The second-order valence-electron chi connectivity index (χ2n) is 5.67. The van der Waals surface area contributed by atoms with Crippen LogP contribution in [0.4, 0.5) is 0 Å². The van der Waals surface area contributed by atoms with E-state index in [4.69, 9.17) is 10.8 Å². The maximum Gasteiger partial charge on any atom is 0.240 e. The molecule has 0 heterocycles. The smallest absolute Gasteiger partial charge is 0.240 e. The Balaban J connectivity index is 1.96. The fourth-order valence-electron chi connectivity index (χ4n) is 2.60. The molecule has 1 fully saturated rings. The number of phenolic OH excluding ortho intramolecular Hbond substituents is 1. The van der Waals surface area contributed by atoms with E-state index in [9.17, 15) is 9.90 Å². The lowest BCUT2D eigenvalue weighted by atomic mass is 9.90. The molecule has 1 aliphatic carbocycles. The summed E-state index contributed by atoms with van der Waals surface area (Å²) in [5.74, 6) is 0.166. The van der Waals surface area contributed by atoms with Gasteiger partial charge in [-0.2, -0.15) is 0 Å². The first-order valence-electron chi connectivity index (χ1n) is 7.56. The summed E-state index contributed by atoms with van der Waals surface area (Å²) in [6, 6.07) is 6.47. The standard InChI is InChI=1S/C16H24N2O3/c17-15(11-12-5-7-14(20)8-6-12)16(21)18(9-2-10-19)13-3-1-4-13/h5-8,13,15,19-20H,1-4,9-11,17H2/t15-/m1/s1. The summed E-state index contributed by atoms with van der Waals surface area (Å²) in [5, 5.41) is 18.2. The van der Waals surface area contributed by atoms with Gasteiger partial charge in [-0.3, -0.25) is 4.79 Å². The molecule has 1 amide bonds.